The predicted octanol–water partition coefficient (Wildman–Crippen LogP) is 2.57. The van der Waals surface area contributed by atoms with Crippen LogP contribution in [0.15, 0.2) is 0 Å². The molecule has 0 bridgehead atoms. The maximum absolute atomic E-state index is 8.61. The van der Waals surface area contributed by atoms with Gasteiger partial charge in [-0.25, -0.2) is 0 Å². The van der Waals surface area contributed by atoms with E-state index in [-0.39, 0.29) is 29.6 Å². The molecule has 0 aromatic rings. The average molecular weight is 226 g/mol. The molecule has 0 aromatic heterocycles. The van der Waals surface area contributed by atoms with Crippen molar-refractivity contribution in [1.82, 2.24) is 0 Å². The van der Waals surface area contributed by atoms with Gasteiger partial charge in [0.15, 0.2) is 6.29 Å². The van der Waals surface area contributed by atoms with Crippen molar-refractivity contribution in [3.05, 3.63) is 0 Å². The number of hydrogen-bond acceptors (Lipinski definition) is 2. The van der Waals surface area contributed by atoms with Crippen LogP contribution in [0, 0.1) is 0 Å². The van der Waals surface area contributed by atoms with Crippen LogP contribution in [0.25, 0.3) is 0 Å². The molecule has 15 heavy (non-hydrogen) atoms. The summed E-state index contributed by atoms with van der Waals surface area (Å²) in [5.74, 6) is 0. The van der Waals surface area contributed by atoms with E-state index in [4.69, 9.17) is 10.2 Å². The summed E-state index contributed by atoms with van der Waals surface area (Å²) in [4.78, 5) is 0. The van der Waals surface area contributed by atoms with Crippen LogP contribution in [-0.2, 0) is 0 Å². The first-order chi connectivity index (χ1) is 6.77. The van der Waals surface area contributed by atoms with Gasteiger partial charge >= 0.3 is 29.6 Å². The van der Waals surface area contributed by atoms with Crippen LogP contribution in [-0.4, -0.2) is 46.1 Å². The zero-order valence-corrected chi connectivity index (χ0v) is 9.54. The Balaban J connectivity index is 0. The summed E-state index contributed by atoms with van der Waals surface area (Å²) in [6.07, 6.45) is 10.9. The van der Waals surface area contributed by atoms with Crippen molar-refractivity contribution in [1.29, 1.82) is 0 Å². The van der Waals surface area contributed by atoms with Gasteiger partial charge in [0.05, 0.1) is 0 Å². The Morgan fingerprint density at radius 2 is 1.13 bits per heavy atom. The molecule has 0 fully saturated rings. The quantitative estimate of drug-likeness (QED) is 0.341. The summed E-state index contributed by atoms with van der Waals surface area (Å²) >= 11 is 0. The third-order valence-electron chi connectivity index (χ3n) is 2.57. The summed E-state index contributed by atoms with van der Waals surface area (Å²) < 4.78 is 0. The Hall–Kier alpha value is 0.920. The molecule has 0 aliphatic rings. The average Bonchev–Trinajstić information content (AvgIpc) is 2.15. The van der Waals surface area contributed by atoms with Crippen molar-refractivity contribution in [3.8, 4) is 0 Å². The molecule has 0 atom stereocenters. The minimum atomic E-state index is -1.10. The third kappa shape index (κ3) is 17.5. The topological polar surface area (TPSA) is 40.5 Å². The van der Waals surface area contributed by atoms with Crippen LogP contribution in [0.1, 0.15) is 71.1 Å². The Morgan fingerprint density at radius 1 is 0.733 bits per heavy atom. The van der Waals surface area contributed by atoms with Crippen LogP contribution in [0.2, 0.25) is 0 Å². The van der Waals surface area contributed by atoms with Crippen molar-refractivity contribution in [2.45, 2.75) is 77.4 Å². The molecule has 0 rings (SSSR count). The molecule has 0 unspecified atom stereocenters. The Bertz CT molecular complexity index is 108. The zero-order chi connectivity index (χ0) is 10.6. The minimum absolute atomic E-state index is 0. The Kier molecular flexibility index (Phi) is 18.2. The number of aliphatic hydroxyl groups excluding tert-OH is 1. The summed E-state index contributed by atoms with van der Waals surface area (Å²) in [6, 6.07) is 0. The summed E-state index contributed by atoms with van der Waals surface area (Å²) in [7, 11) is 0. The monoisotopic (exact) mass is 226 g/mol. The predicted molar refractivity (Wildman–Crippen MR) is 67.2 cm³/mol. The van der Waals surface area contributed by atoms with Gasteiger partial charge < -0.3 is 10.2 Å². The number of rotatable bonds is 10. The van der Waals surface area contributed by atoms with Gasteiger partial charge in [0.1, 0.15) is 0 Å². The normalized spacial score (nSPS) is 10.4. The molecule has 0 aliphatic carbocycles. The SMILES string of the molecule is CCCCCCCCCCCC(O)O.[NaH]. The molecular weight excluding hydrogens is 199 g/mol. The molecule has 0 aromatic carbocycles. The fourth-order valence-electron chi connectivity index (χ4n) is 1.64. The molecule has 0 saturated heterocycles. The van der Waals surface area contributed by atoms with Crippen molar-refractivity contribution >= 4 is 29.6 Å². The van der Waals surface area contributed by atoms with Crippen molar-refractivity contribution in [2.24, 2.45) is 0 Å². The molecule has 0 spiro atoms. The first-order valence-electron chi connectivity index (χ1n) is 6.13. The molecule has 3 heteroatoms. The Morgan fingerprint density at radius 3 is 1.53 bits per heavy atom. The summed E-state index contributed by atoms with van der Waals surface area (Å²) in [6.45, 7) is 2.24. The summed E-state index contributed by atoms with van der Waals surface area (Å²) in [5, 5.41) is 17.2. The number of aliphatic hydroxyl groups is 2. The van der Waals surface area contributed by atoms with Gasteiger partial charge in [-0.1, -0.05) is 58.3 Å². The van der Waals surface area contributed by atoms with E-state index >= 15 is 0 Å². The summed E-state index contributed by atoms with van der Waals surface area (Å²) in [5.41, 5.74) is 0. The van der Waals surface area contributed by atoms with E-state index in [9.17, 15) is 0 Å². The zero-order valence-electron chi connectivity index (χ0n) is 9.54. The van der Waals surface area contributed by atoms with Gasteiger partial charge in [-0.3, -0.25) is 0 Å². The Labute approximate surface area is 117 Å². The maximum atomic E-state index is 8.61. The van der Waals surface area contributed by atoms with Gasteiger partial charge in [-0.15, -0.1) is 0 Å². The van der Waals surface area contributed by atoms with E-state index in [1.807, 2.05) is 0 Å². The third-order valence-corrected chi connectivity index (χ3v) is 2.57. The van der Waals surface area contributed by atoms with E-state index in [1.54, 1.807) is 0 Å². The van der Waals surface area contributed by atoms with Gasteiger partial charge in [0.25, 0.3) is 0 Å². The van der Waals surface area contributed by atoms with Gasteiger partial charge in [-0.05, 0) is 12.8 Å². The van der Waals surface area contributed by atoms with Crippen LogP contribution >= 0.6 is 0 Å². The van der Waals surface area contributed by atoms with Gasteiger partial charge in [-0.2, -0.15) is 0 Å². The fraction of sp³-hybridized carbons (Fsp3) is 1.00. The van der Waals surface area contributed by atoms with E-state index < -0.39 is 6.29 Å². The van der Waals surface area contributed by atoms with Crippen LogP contribution in [0.3, 0.4) is 0 Å². The molecule has 0 radical (unpaired) electrons. The molecule has 2 nitrogen and oxygen atoms in total. The molecule has 2 N–H and O–H groups in total. The fourth-order valence-corrected chi connectivity index (χ4v) is 1.64. The van der Waals surface area contributed by atoms with Crippen LogP contribution in [0.5, 0.6) is 0 Å². The van der Waals surface area contributed by atoms with Crippen molar-refractivity contribution in [2.75, 3.05) is 0 Å². The molecule has 0 aliphatic heterocycles. The van der Waals surface area contributed by atoms with E-state index in [1.165, 1.54) is 44.9 Å². The molecule has 0 saturated carbocycles. The molecule has 0 heterocycles. The van der Waals surface area contributed by atoms with E-state index in [0.29, 0.717) is 6.42 Å². The standard InChI is InChI=1S/C12H26O2.Na.H/c1-2-3-4-5-6-7-8-9-10-11-12(13)14;;/h12-14H,2-11H2,1H3;;. The first-order valence-corrected chi connectivity index (χ1v) is 6.13. The van der Waals surface area contributed by atoms with Gasteiger partial charge in [0.2, 0.25) is 0 Å². The second-order valence-corrected chi connectivity index (χ2v) is 4.10. The molecular formula is C12H27NaO2. The number of hydrogen-bond donors (Lipinski definition) is 2. The van der Waals surface area contributed by atoms with Crippen LogP contribution < -0.4 is 0 Å². The van der Waals surface area contributed by atoms with Crippen molar-refractivity contribution < 1.29 is 10.2 Å². The second-order valence-electron chi connectivity index (χ2n) is 4.10. The van der Waals surface area contributed by atoms with Crippen LogP contribution in [0.4, 0.5) is 0 Å². The van der Waals surface area contributed by atoms with E-state index in [0.717, 1.165) is 12.8 Å². The second kappa shape index (κ2) is 14.9. The number of unbranched alkanes of at least 4 members (excludes halogenated alkanes) is 8. The first kappa shape index (κ1) is 18.3. The van der Waals surface area contributed by atoms with Gasteiger partial charge in [0, 0.05) is 0 Å². The molecule has 88 valence electrons. The van der Waals surface area contributed by atoms with Crippen molar-refractivity contribution in [3.63, 3.8) is 0 Å². The molecule has 0 amide bonds. The van der Waals surface area contributed by atoms with E-state index in [2.05, 4.69) is 6.92 Å².